The molecule has 0 bridgehead atoms. The molecule has 3 aromatic heterocycles. The number of hydrogen-bond acceptors (Lipinski definition) is 3. The zero-order chi connectivity index (χ0) is 22.4. The van der Waals surface area contributed by atoms with Gasteiger partial charge < -0.3 is 4.90 Å². The van der Waals surface area contributed by atoms with Crippen LogP contribution in [0.2, 0.25) is 0 Å². The third-order valence-corrected chi connectivity index (χ3v) is 7.53. The lowest BCUT2D eigenvalue weighted by molar-refractivity contribution is 0.215. The Balaban J connectivity index is 1.18. The third-order valence-electron chi connectivity index (χ3n) is 7.53. The largest absolute Gasteiger partial charge is 0.303 e. The van der Waals surface area contributed by atoms with Gasteiger partial charge in [0.2, 0.25) is 0 Å². The molecule has 4 nitrogen and oxygen atoms in total. The lowest BCUT2D eigenvalue weighted by Gasteiger charge is -2.33. The van der Waals surface area contributed by atoms with Gasteiger partial charge in [0.25, 0.3) is 0 Å². The maximum Gasteiger partial charge on any atom is 0.0997 e. The van der Waals surface area contributed by atoms with Gasteiger partial charge in [-0.3, -0.25) is 9.38 Å². The number of pyridine rings is 2. The summed E-state index contributed by atoms with van der Waals surface area (Å²) in [5, 5.41) is 2.69. The molecule has 0 unspecified atom stereocenters. The van der Waals surface area contributed by atoms with Crippen LogP contribution in [-0.4, -0.2) is 38.9 Å². The van der Waals surface area contributed by atoms with E-state index in [1.165, 1.54) is 45.8 Å². The quantitative estimate of drug-likeness (QED) is 0.344. The highest BCUT2D eigenvalue weighted by molar-refractivity contribution is 5.86. The van der Waals surface area contributed by atoms with E-state index in [1.807, 2.05) is 12.5 Å². The van der Waals surface area contributed by atoms with Crippen molar-refractivity contribution in [2.24, 2.45) is 0 Å². The molecule has 0 spiro atoms. The molecule has 0 aliphatic carbocycles. The standard InChI is InChI=1S/C29H30N4/c1-20-6-11-29-27(10-8-23-18-30-19-33(23)29)24(20)14-17-32-15-12-22(13-16-32)25-4-3-5-28-26(25)9-7-21(2)31-28/h3-11,18-19,22H,12-17H2,1-2H3. The molecule has 1 aliphatic rings. The number of aromatic nitrogens is 3. The molecule has 0 amide bonds. The van der Waals surface area contributed by atoms with E-state index in [1.54, 1.807) is 0 Å². The molecule has 4 heterocycles. The summed E-state index contributed by atoms with van der Waals surface area (Å²) in [5.41, 5.74) is 8.97. The lowest BCUT2D eigenvalue weighted by atomic mass is 9.87. The molecule has 6 rings (SSSR count). The summed E-state index contributed by atoms with van der Waals surface area (Å²) in [4.78, 5) is 11.7. The van der Waals surface area contributed by atoms with E-state index in [0.717, 1.165) is 42.8 Å². The fourth-order valence-electron chi connectivity index (χ4n) is 5.66. The first-order valence-electron chi connectivity index (χ1n) is 12.1. The smallest absolute Gasteiger partial charge is 0.0997 e. The van der Waals surface area contributed by atoms with Crippen LogP contribution in [0.15, 0.2) is 67.1 Å². The maximum absolute atomic E-state index is 4.74. The van der Waals surface area contributed by atoms with Crippen molar-refractivity contribution < 1.29 is 0 Å². The molecule has 0 atom stereocenters. The number of aryl methyl sites for hydroxylation is 2. The minimum atomic E-state index is 0.628. The van der Waals surface area contributed by atoms with Gasteiger partial charge in [0.1, 0.15) is 0 Å². The predicted octanol–water partition coefficient (Wildman–Crippen LogP) is 6.07. The van der Waals surface area contributed by atoms with Gasteiger partial charge in [0.15, 0.2) is 0 Å². The minimum Gasteiger partial charge on any atom is -0.303 e. The normalized spacial score (nSPS) is 15.7. The topological polar surface area (TPSA) is 33.4 Å². The molecule has 1 saturated heterocycles. The monoisotopic (exact) mass is 434 g/mol. The van der Waals surface area contributed by atoms with Gasteiger partial charge in [0, 0.05) is 23.0 Å². The molecule has 2 aromatic carbocycles. The van der Waals surface area contributed by atoms with Crippen LogP contribution in [0, 0.1) is 13.8 Å². The molecule has 0 N–H and O–H groups in total. The fourth-order valence-corrected chi connectivity index (χ4v) is 5.66. The maximum atomic E-state index is 4.74. The number of nitrogens with zero attached hydrogens (tertiary/aromatic N) is 4. The zero-order valence-corrected chi connectivity index (χ0v) is 19.5. The summed E-state index contributed by atoms with van der Waals surface area (Å²) in [7, 11) is 0. The van der Waals surface area contributed by atoms with Gasteiger partial charge in [-0.1, -0.05) is 30.3 Å². The van der Waals surface area contributed by atoms with Crippen LogP contribution in [0.1, 0.15) is 41.1 Å². The van der Waals surface area contributed by atoms with Gasteiger partial charge in [-0.15, -0.1) is 0 Å². The second-order valence-electron chi connectivity index (χ2n) is 9.55. The molecule has 33 heavy (non-hydrogen) atoms. The summed E-state index contributed by atoms with van der Waals surface area (Å²) in [6.45, 7) is 7.76. The van der Waals surface area contributed by atoms with Crippen molar-refractivity contribution in [2.45, 2.75) is 39.0 Å². The highest BCUT2D eigenvalue weighted by atomic mass is 15.1. The Labute approximate surface area is 194 Å². The molecular formula is C29H30N4. The van der Waals surface area contributed by atoms with Gasteiger partial charge >= 0.3 is 0 Å². The first-order valence-corrected chi connectivity index (χ1v) is 12.1. The highest BCUT2D eigenvalue weighted by Crippen LogP contribution is 2.33. The van der Waals surface area contributed by atoms with Crippen molar-refractivity contribution in [1.29, 1.82) is 0 Å². The van der Waals surface area contributed by atoms with Gasteiger partial charge in [-0.2, -0.15) is 0 Å². The van der Waals surface area contributed by atoms with E-state index in [9.17, 15) is 0 Å². The number of rotatable bonds is 4. The molecule has 1 aliphatic heterocycles. The molecular weight excluding hydrogens is 404 g/mol. The Morgan fingerprint density at radius 3 is 2.64 bits per heavy atom. The Kier molecular flexibility index (Phi) is 5.11. The number of piperidine rings is 1. The van der Waals surface area contributed by atoms with Crippen LogP contribution in [0.4, 0.5) is 0 Å². The number of benzene rings is 2. The summed E-state index contributed by atoms with van der Waals surface area (Å²) in [5.74, 6) is 0.628. The van der Waals surface area contributed by atoms with Crippen molar-refractivity contribution in [1.82, 2.24) is 19.3 Å². The van der Waals surface area contributed by atoms with Crippen LogP contribution in [0.25, 0.3) is 27.3 Å². The summed E-state index contributed by atoms with van der Waals surface area (Å²) >= 11 is 0. The fraction of sp³-hybridized carbons (Fsp3) is 0.310. The Morgan fingerprint density at radius 1 is 0.909 bits per heavy atom. The summed E-state index contributed by atoms with van der Waals surface area (Å²) in [6.07, 6.45) is 7.38. The van der Waals surface area contributed by atoms with Crippen LogP contribution < -0.4 is 0 Å². The summed E-state index contributed by atoms with van der Waals surface area (Å²) < 4.78 is 2.20. The van der Waals surface area contributed by atoms with E-state index in [-0.39, 0.29) is 0 Å². The molecule has 166 valence electrons. The van der Waals surface area contributed by atoms with Crippen molar-refractivity contribution in [3.8, 4) is 0 Å². The van der Waals surface area contributed by atoms with Gasteiger partial charge in [0.05, 0.1) is 29.1 Å². The second kappa shape index (κ2) is 8.27. The van der Waals surface area contributed by atoms with Crippen molar-refractivity contribution in [2.75, 3.05) is 19.6 Å². The molecule has 0 radical (unpaired) electrons. The van der Waals surface area contributed by atoms with Gasteiger partial charge in [-0.25, -0.2) is 4.98 Å². The molecule has 0 saturated carbocycles. The summed E-state index contributed by atoms with van der Waals surface area (Å²) in [6, 6.07) is 20.0. The average molecular weight is 435 g/mol. The lowest BCUT2D eigenvalue weighted by Crippen LogP contribution is -2.34. The first kappa shape index (κ1) is 20.4. The molecule has 4 heteroatoms. The molecule has 5 aromatic rings. The third kappa shape index (κ3) is 3.68. The average Bonchev–Trinajstić information content (AvgIpc) is 3.32. The van der Waals surface area contributed by atoms with Gasteiger partial charge in [-0.05, 0) is 93.1 Å². The first-order chi connectivity index (χ1) is 16.2. The predicted molar refractivity (Wildman–Crippen MR) is 136 cm³/mol. The SMILES string of the molecule is Cc1ccc2c(C3CCN(CCc4c(C)ccc5c4ccc4cncn45)CC3)cccc2n1. The second-order valence-corrected chi connectivity index (χ2v) is 9.55. The Morgan fingerprint density at radius 2 is 1.76 bits per heavy atom. The van der Waals surface area contributed by atoms with Crippen molar-refractivity contribution in [3.05, 3.63) is 89.5 Å². The van der Waals surface area contributed by atoms with E-state index < -0.39 is 0 Å². The van der Waals surface area contributed by atoms with E-state index >= 15 is 0 Å². The van der Waals surface area contributed by atoms with E-state index in [4.69, 9.17) is 4.98 Å². The number of fused-ring (bicyclic) bond motifs is 4. The molecule has 1 fully saturated rings. The van der Waals surface area contributed by atoms with Crippen LogP contribution >= 0.6 is 0 Å². The zero-order valence-electron chi connectivity index (χ0n) is 19.5. The Hall–Kier alpha value is -3.24. The highest BCUT2D eigenvalue weighted by Gasteiger charge is 2.22. The van der Waals surface area contributed by atoms with Crippen LogP contribution in [-0.2, 0) is 6.42 Å². The van der Waals surface area contributed by atoms with Crippen LogP contribution in [0.5, 0.6) is 0 Å². The minimum absolute atomic E-state index is 0.628. The van der Waals surface area contributed by atoms with Crippen molar-refractivity contribution in [3.63, 3.8) is 0 Å². The number of likely N-dealkylation sites (tertiary alicyclic amines) is 1. The van der Waals surface area contributed by atoms with E-state index in [0.29, 0.717) is 5.92 Å². The number of imidazole rings is 1. The Bertz CT molecular complexity index is 1460. The van der Waals surface area contributed by atoms with Crippen molar-refractivity contribution >= 4 is 27.3 Å². The number of hydrogen-bond donors (Lipinski definition) is 0. The van der Waals surface area contributed by atoms with E-state index in [2.05, 4.69) is 82.7 Å². The van der Waals surface area contributed by atoms with Crippen LogP contribution in [0.3, 0.4) is 0 Å².